The van der Waals surface area contributed by atoms with Crippen molar-refractivity contribution >= 4 is 5.97 Å². The smallest absolute Gasteiger partial charge is 0.310 e. The summed E-state index contributed by atoms with van der Waals surface area (Å²) < 4.78 is 42.2. The molecule has 16 heavy (non-hydrogen) atoms. The van der Waals surface area contributed by atoms with Crippen LogP contribution in [0.3, 0.4) is 0 Å². The van der Waals surface area contributed by atoms with Gasteiger partial charge in [0, 0.05) is 5.56 Å². The summed E-state index contributed by atoms with van der Waals surface area (Å²) >= 11 is 0. The lowest BCUT2D eigenvalue weighted by Crippen LogP contribution is -2.09. The molecule has 88 valence electrons. The molecule has 1 heterocycles. The lowest BCUT2D eigenvalue weighted by molar-refractivity contribution is -0.142. The van der Waals surface area contributed by atoms with Gasteiger partial charge in [-0.05, 0) is 13.0 Å². The van der Waals surface area contributed by atoms with Crippen molar-refractivity contribution < 1.29 is 22.7 Å². The molecule has 1 rings (SSSR count). The van der Waals surface area contributed by atoms with Gasteiger partial charge in [-0.25, -0.2) is 13.2 Å². The third-order valence-electron chi connectivity index (χ3n) is 1.82. The molecule has 0 saturated carbocycles. The summed E-state index contributed by atoms with van der Waals surface area (Å²) in [6, 6.07) is 0.872. The Bertz CT molecular complexity index is 382. The van der Waals surface area contributed by atoms with Gasteiger partial charge in [0.05, 0.1) is 19.2 Å². The first-order valence-corrected chi connectivity index (χ1v) is 4.62. The third-order valence-corrected chi connectivity index (χ3v) is 1.82. The summed E-state index contributed by atoms with van der Waals surface area (Å²) in [5, 5.41) is 0. The van der Waals surface area contributed by atoms with Gasteiger partial charge in [-0.1, -0.05) is 0 Å². The van der Waals surface area contributed by atoms with E-state index in [0.29, 0.717) is 6.20 Å². The van der Waals surface area contributed by atoms with Gasteiger partial charge < -0.3 is 4.74 Å². The van der Waals surface area contributed by atoms with Gasteiger partial charge in [-0.3, -0.25) is 9.78 Å². The maximum atomic E-state index is 13.1. The van der Waals surface area contributed by atoms with Crippen LogP contribution < -0.4 is 0 Å². The second-order valence-corrected chi connectivity index (χ2v) is 2.98. The number of halogens is 3. The zero-order valence-electron chi connectivity index (χ0n) is 8.54. The number of ether oxygens (including phenoxy) is 1. The highest BCUT2D eigenvalue weighted by atomic mass is 19.3. The molecule has 0 aliphatic carbocycles. The Morgan fingerprint density at radius 2 is 2.25 bits per heavy atom. The predicted octanol–water partition coefficient (Wildman–Crippen LogP) is 2.26. The third kappa shape index (κ3) is 3.22. The van der Waals surface area contributed by atoms with Crippen LogP contribution in [0.25, 0.3) is 0 Å². The molecule has 0 radical (unpaired) electrons. The van der Waals surface area contributed by atoms with Crippen LogP contribution in [0.1, 0.15) is 24.6 Å². The molecule has 1 aromatic rings. The Kier molecular flexibility index (Phi) is 4.28. The van der Waals surface area contributed by atoms with Gasteiger partial charge in [0.2, 0.25) is 0 Å². The maximum absolute atomic E-state index is 13.1. The van der Waals surface area contributed by atoms with Crippen LogP contribution in [0.15, 0.2) is 12.3 Å². The molecule has 0 N–H and O–H groups in total. The van der Waals surface area contributed by atoms with Gasteiger partial charge in [0.25, 0.3) is 6.43 Å². The molecule has 0 saturated heterocycles. The number of nitrogens with zero attached hydrogens (tertiary/aromatic N) is 1. The molecule has 0 unspecified atom stereocenters. The fourth-order valence-corrected chi connectivity index (χ4v) is 1.12. The molecule has 0 aliphatic heterocycles. The van der Waals surface area contributed by atoms with Gasteiger partial charge in [0.1, 0.15) is 11.5 Å². The van der Waals surface area contributed by atoms with E-state index in [0.717, 1.165) is 6.07 Å². The van der Waals surface area contributed by atoms with Gasteiger partial charge in [-0.2, -0.15) is 0 Å². The second-order valence-electron chi connectivity index (χ2n) is 2.98. The molecular weight excluding hydrogens is 223 g/mol. The van der Waals surface area contributed by atoms with E-state index in [1.165, 1.54) is 0 Å². The minimum Gasteiger partial charge on any atom is -0.466 e. The monoisotopic (exact) mass is 233 g/mol. The summed E-state index contributed by atoms with van der Waals surface area (Å²) in [6.45, 7) is 1.76. The first-order valence-electron chi connectivity index (χ1n) is 4.62. The molecule has 0 bridgehead atoms. The van der Waals surface area contributed by atoms with Crippen molar-refractivity contribution in [2.75, 3.05) is 6.61 Å². The number of hydrogen-bond acceptors (Lipinski definition) is 3. The first kappa shape index (κ1) is 12.5. The standard InChI is InChI=1S/C10H10F3NO2/c1-2-16-9(15)4-6-3-8(10(12)13)14-5-7(6)11/h3,5,10H,2,4H2,1H3. The van der Waals surface area contributed by atoms with E-state index in [1.54, 1.807) is 6.92 Å². The minimum atomic E-state index is -2.79. The van der Waals surface area contributed by atoms with Gasteiger partial charge in [0.15, 0.2) is 0 Å². The Morgan fingerprint density at radius 1 is 1.56 bits per heavy atom. The van der Waals surface area contributed by atoms with Gasteiger partial charge >= 0.3 is 5.97 Å². The first-order chi connectivity index (χ1) is 7.54. The highest BCUT2D eigenvalue weighted by molar-refractivity contribution is 5.72. The number of pyridine rings is 1. The second kappa shape index (κ2) is 5.48. The summed E-state index contributed by atoms with van der Waals surface area (Å²) in [5.74, 6) is -1.45. The number of carbonyl (C=O) groups is 1. The van der Waals surface area contributed by atoms with E-state index in [2.05, 4.69) is 9.72 Å². The van der Waals surface area contributed by atoms with Crippen molar-refractivity contribution in [1.82, 2.24) is 4.98 Å². The fraction of sp³-hybridized carbons (Fsp3) is 0.400. The Labute approximate surface area is 90.2 Å². The number of rotatable bonds is 4. The van der Waals surface area contributed by atoms with Crippen LogP contribution in [0, 0.1) is 5.82 Å². The number of hydrogen-bond donors (Lipinski definition) is 0. The summed E-state index contributed by atoms with van der Waals surface area (Å²) in [4.78, 5) is 14.3. The van der Waals surface area contributed by atoms with Crippen LogP contribution in [0.4, 0.5) is 13.2 Å². The molecule has 0 spiro atoms. The summed E-state index contributed by atoms with van der Waals surface area (Å²) in [7, 11) is 0. The van der Waals surface area contributed by atoms with Crippen molar-refractivity contribution in [3.8, 4) is 0 Å². The zero-order chi connectivity index (χ0) is 12.1. The molecule has 0 aromatic carbocycles. The number of aromatic nitrogens is 1. The number of esters is 1. The van der Waals surface area contributed by atoms with Crippen LogP contribution in [0.5, 0.6) is 0 Å². The normalized spacial score (nSPS) is 10.6. The molecule has 0 atom stereocenters. The lowest BCUT2D eigenvalue weighted by Gasteiger charge is -2.05. The lowest BCUT2D eigenvalue weighted by atomic mass is 10.1. The predicted molar refractivity (Wildman–Crippen MR) is 49.5 cm³/mol. The minimum absolute atomic E-state index is 0.135. The molecule has 0 amide bonds. The maximum Gasteiger partial charge on any atom is 0.310 e. The fourth-order valence-electron chi connectivity index (χ4n) is 1.12. The number of carbonyl (C=O) groups excluding carboxylic acids is 1. The van der Waals surface area contributed by atoms with E-state index >= 15 is 0 Å². The molecule has 6 heteroatoms. The van der Waals surface area contributed by atoms with E-state index in [1.807, 2.05) is 0 Å². The molecule has 0 aliphatic rings. The zero-order valence-corrected chi connectivity index (χ0v) is 8.54. The van der Waals surface area contributed by atoms with Crippen molar-refractivity contribution in [2.24, 2.45) is 0 Å². The van der Waals surface area contributed by atoms with Crippen molar-refractivity contribution in [3.05, 3.63) is 29.3 Å². The molecule has 1 aromatic heterocycles. The number of alkyl halides is 2. The Balaban J connectivity index is 2.86. The average Bonchev–Trinajstić information content (AvgIpc) is 2.21. The van der Waals surface area contributed by atoms with Crippen LogP contribution in [0.2, 0.25) is 0 Å². The van der Waals surface area contributed by atoms with Crippen molar-refractivity contribution in [3.63, 3.8) is 0 Å². The summed E-state index contributed by atoms with van der Waals surface area (Å²) in [5.41, 5.74) is -0.690. The summed E-state index contributed by atoms with van der Waals surface area (Å²) in [6.07, 6.45) is -2.49. The van der Waals surface area contributed by atoms with Gasteiger partial charge in [-0.15, -0.1) is 0 Å². The van der Waals surface area contributed by atoms with E-state index in [-0.39, 0.29) is 18.6 Å². The average molecular weight is 233 g/mol. The van der Waals surface area contributed by atoms with Crippen LogP contribution in [-0.4, -0.2) is 17.6 Å². The molecular formula is C10H10F3NO2. The quantitative estimate of drug-likeness (QED) is 0.749. The largest absolute Gasteiger partial charge is 0.466 e. The van der Waals surface area contributed by atoms with E-state index in [9.17, 15) is 18.0 Å². The highest BCUT2D eigenvalue weighted by Gasteiger charge is 2.15. The Morgan fingerprint density at radius 3 is 2.81 bits per heavy atom. The Hall–Kier alpha value is -1.59. The van der Waals surface area contributed by atoms with E-state index < -0.39 is 23.9 Å². The van der Waals surface area contributed by atoms with Crippen molar-refractivity contribution in [1.29, 1.82) is 0 Å². The molecule has 3 nitrogen and oxygen atoms in total. The van der Waals surface area contributed by atoms with Crippen LogP contribution in [-0.2, 0) is 16.0 Å². The van der Waals surface area contributed by atoms with E-state index in [4.69, 9.17) is 0 Å². The SMILES string of the molecule is CCOC(=O)Cc1cc(C(F)F)ncc1F. The highest BCUT2D eigenvalue weighted by Crippen LogP contribution is 2.19. The van der Waals surface area contributed by atoms with Crippen molar-refractivity contribution in [2.45, 2.75) is 19.8 Å². The topological polar surface area (TPSA) is 39.2 Å². The van der Waals surface area contributed by atoms with Crippen LogP contribution >= 0.6 is 0 Å². The molecule has 0 fully saturated rings.